The Morgan fingerprint density at radius 1 is 1.13 bits per heavy atom. The van der Waals surface area contributed by atoms with Gasteiger partial charge < -0.3 is 10.2 Å². The van der Waals surface area contributed by atoms with Gasteiger partial charge in [0.15, 0.2) is 0 Å². The van der Waals surface area contributed by atoms with E-state index in [2.05, 4.69) is 21.3 Å². The Kier molecular flexibility index (Phi) is 7.15. The minimum atomic E-state index is -0.368. The Hall–Kier alpha value is -3.24. The summed E-state index contributed by atoms with van der Waals surface area (Å²) < 4.78 is 0. The Balaban J connectivity index is 1.62. The summed E-state index contributed by atoms with van der Waals surface area (Å²) in [7, 11) is 0. The van der Waals surface area contributed by atoms with Crippen LogP contribution in [0.1, 0.15) is 42.2 Å². The molecule has 1 aromatic carbocycles. The molecule has 1 N–H and O–H groups in total. The van der Waals surface area contributed by atoms with Crippen molar-refractivity contribution in [3.63, 3.8) is 0 Å². The lowest BCUT2D eigenvalue weighted by Gasteiger charge is -2.37. The predicted molar refractivity (Wildman–Crippen MR) is 113 cm³/mol. The molecular weight excluding hydrogens is 378 g/mol. The number of aryl methyl sites for hydroxylation is 1. The van der Waals surface area contributed by atoms with Crippen molar-refractivity contribution in [2.24, 2.45) is 0 Å². The van der Waals surface area contributed by atoms with Gasteiger partial charge in [0.2, 0.25) is 11.8 Å². The molecule has 7 nitrogen and oxygen atoms in total. The van der Waals surface area contributed by atoms with Crippen LogP contribution < -0.4 is 5.32 Å². The summed E-state index contributed by atoms with van der Waals surface area (Å²) >= 11 is 0. The van der Waals surface area contributed by atoms with E-state index in [9.17, 15) is 14.9 Å². The van der Waals surface area contributed by atoms with Crippen molar-refractivity contribution in [1.29, 1.82) is 5.26 Å². The van der Waals surface area contributed by atoms with Gasteiger partial charge in [-0.15, -0.1) is 0 Å². The number of nitrogens with one attached hydrogen (secondary N) is 1. The van der Waals surface area contributed by atoms with Crippen LogP contribution in [0.4, 0.5) is 0 Å². The monoisotopic (exact) mass is 405 g/mol. The molecule has 1 fully saturated rings. The quantitative estimate of drug-likeness (QED) is 0.797. The largest absolute Gasteiger partial charge is 0.349 e. The highest BCUT2D eigenvalue weighted by Crippen LogP contribution is 2.24. The summed E-state index contributed by atoms with van der Waals surface area (Å²) in [6, 6.07) is 15.0. The number of aromatic nitrogens is 1. The normalized spacial score (nSPS) is 16.4. The lowest BCUT2D eigenvalue weighted by atomic mass is 10.0. The van der Waals surface area contributed by atoms with Crippen LogP contribution in [0.25, 0.3) is 0 Å². The third-order valence-electron chi connectivity index (χ3n) is 5.45. The van der Waals surface area contributed by atoms with Gasteiger partial charge in [-0.2, -0.15) is 5.26 Å². The molecule has 7 heteroatoms. The first-order chi connectivity index (χ1) is 14.5. The van der Waals surface area contributed by atoms with Gasteiger partial charge in [-0.05, 0) is 18.6 Å². The predicted octanol–water partition coefficient (Wildman–Crippen LogP) is 2.37. The molecule has 30 heavy (non-hydrogen) atoms. The molecule has 2 atom stereocenters. The number of hydrogen-bond acceptors (Lipinski definition) is 5. The van der Waals surface area contributed by atoms with Gasteiger partial charge in [-0.1, -0.05) is 36.4 Å². The molecule has 0 aliphatic carbocycles. The molecule has 1 aromatic heterocycles. The van der Waals surface area contributed by atoms with E-state index in [1.807, 2.05) is 54.3 Å². The zero-order valence-corrected chi connectivity index (χ0v) is 17.4. The first kappa shape index (κ1) is 21.5. The van der Waals surface area contributed by atoms with Crippen LogP contribution in [-0.2, 0) is 9.59 Å². The summed E-state index contributed by atoms with van der Waals surface area (Å²) in [6.45, 7) is 5.71. The molecule has 0 radical (unpaired) electrons. The van der Waals surface area contributed by atoms with Crippen molar-refractivity contribution in [1.82, 2.24) is 20.1 Å². The van der Waals surface area contributed by atoms with Crippen molar-refractivity contribution >= 4 is 11.8 Å². The highest BCUT2D eigenvalue weighted by atomic mass is 16.2. The fourth-order valence-corrected chi connectivity index (χ4v) is 3.85. The number of nitriles is 1. The summed E-state index contributed by atoms with van der Waals surface area (Å²) in [6.07, 6.45) is 1.94. The lowest BCUT2D eigenvalue weighted by Crippen LogP contribution is -2.50. The molecule has 0 bridgehead atoms. The van der Waals surface area contributed by atoms with Crippen LogP contribution in [0.5, 0.6) is 0 Å². The molecule has 1 saturated heterocycles. The maximum Gasteiger partial charge on any atom is 0.225 e. The fraction of sp³-hybridized carbons (Fsp3) is 0.391. The number of rotatable bonds is 6. The summed E-state index contributed by atoms with van der Waals surface area (Å²) in [5.41, 5.74) is 2.68. The third kappa shape index (κ3) is 5.22. The number of piperazine rings is 1. The summed E-state index contributed by atoms with van der Waals surface area (Å²) in [4.78, 5) is 32.7. The van der Waals surface area contributed by atoms with Gasteiger partial charge >= 0.3 is 0 Å². The molecule has 2 amide bonds. The molecule has 3 rings (SSSR count). The Morgan fingerprint density at radius 3 is 2.43 bits per heavy atom. The van der Waals surface area contributed by atoms with Crippen LogP contribution in [0, 0.1) is 18.3 Å². The number of pyridine rings is 1. The highest BCUT2D eigenvalue weighted by molar-refractivity contribution is 5.79. The lowest BCUT2D eigenvalue weighted by molar-refractivity contribution is -0.134. The van der Waals surface area contributed by atoms with Crippen LogP contribution in [0.2, 0.25) is 0 Å². The number of amides is 2. The standard InChI is InChI=1S/C23H27N5O2/c1-17-20(9-6-10-25-17)22(16-24)27-11-13-28(14-12-27)23(30)15-21(26-18(2)29)19-7-4-3-5-8-19/h3-10,21-22H,11-15H2,1-2H3,(H,26,29). The molecule has 156 valence electrons. The van der Waals surface area contributed by atoms with E-state index in [0.29, 0.717) is 26.2 Å². The average molecular weight is 406 g/mol. The zero-order valence-electron chi connectivity index (χ0n) is 17.4. The topological polar surface area (TPSA) is 89.3 Å². The van der Waals surface area contributed by atoms with Gasteiger partial charge in [-0.3, -0.25) is 19.5 Å². The second-order valence-corrected chi connectivity index (χ2v) is 7.49. The van der Waals surface area contributed by atoms with Gasteiger partial charge in [0, 0.05) is 50.6 Å². The smallest absolute Gasteiger partial charge is 0.225 e. The number of benzene rings is 1. The second kappa shape index (κ2) is 9.99. The van der Waals surface area contributed by atoms with Gasteiger partial charge in [-0.25, -0.2) is 0 Å². The SMILES string of the molecule is CC(=O)NC(CC(=O)N1CCN(C(C#N)c2cccnc2C)CC1)c1ccccc1. The van der Waals surface area contributed by atoms with E-state index in [1.165, 1.54) is 6.92 Å². The van der Waals surface area contributed by atoms with Crippen LogP contribution in [0.15, 0.2) is 48.7 Å². The van der Waals surface area contributed by atoms with Crippen molar-refractivity contribution < 1.29 is 9.59 Å². The molecule has 0 saturated carbocycles. The van der Waals surface area contributed by atoms with E-state index in [-0.39, 0.29) is 30.3 Å². The van der Waals surface area contributed by atoms with Gasteiger partial charge in [0.05, 0.1) is 18.5 Å². The third-order valence-corrected chi connectivity index (χ3v) is 5.45. The molecule has 1 aliphatic rings. The minimum Gasteiger partial charge on any atom is -0.349 e. The van der Waals surface area contributed by atoms with Crippen molar-refractivity contribution in [3.05, 3.63) is 65.5 Å². The molecule has 2 unspecified atom stereocenters. The molecular formula is C23H27N5O2. The molecule has 0 spiro atoms. The average Bonchev–Trinajstić information content (AvgIpc) is 2.76. The number of carbonyl (C=O) groups excluding carboxylic acids is 2. The van der Waals surface area contributed by atoms with Crippen molar-refractivity contribution in [2.45, 2.75) is 32.4 Å². The van der Waals surface area contributed by atoms with Crippen LogP contribution in [0.3, 0.4) is 0 Å². The summed E-state index contributed by atoms with van der Waals surface area (Å²) in [5.74, 6) is -0.159. The molecule has 1 aliphatic heterocycles. The maximum atomic E-state index is 12.9. The maximum absolute atomic E-state index is 12.9. The van der Waals surface area contributed by atoms with E-state index >= 15 is 0 Å². The van der Waals surface area contributed by atoms with Crippen molar-refractivity contribution in [3.8, 4) is 6.07 Å². The number of carbonyl (C=O) groups is 2. The minimum absolute atomic E-state index is 0.00307. The number of nitrogens with zero attached hydrogens (tertiary/aromatic N) is 4. The first-order valence-corrected chi connectivity index (χ1v) is 10.1. The molecule has 2 aromatic rings. The van der Waals surface area contributed by atoms with Crippen LogP contribution in [-0.4, -0.2) is 52.8 Å². The zero-order chi connectivity index (χ0) is 21.5. The van der Waals surface area contributed by atoms with Gasteiger partial charge in [0.25, 0.3) is 0 Å². The van der Waals surface area contributed by atoms with Crippen LogP contribution >= 0.6 is 0 Å². The van der Waals surface area contributed by atoms with Gasteiger partial charge in [0.1, 0.15) is 6.04 Å². The summed E-state index contributed by atoms with van der Waals surface area (Å²) in [5, 5.41) is 12.6. The van der Waals surface area contributed by atoms with E-state index in [0.717, 1.165) is 16.8 Å². The van der Waals surface area contributed by atoms with Crippen molar-refractivity contribution in [2.75, 3.05) is 26.2 Å². The van der Waals surface area contributed by atoms with E-state index in [1.54, 1.807) is 6.20 Å². The highest BCUT2D eigenvalue weighted by Gasteiger charge is 2.29. The van der Waals surface area contributed by atoms with E-state index < -0.39 is 0 Å². The Labute approximate surface area is 177 Å². The fourth-order valence-electron chi connectivity index (χ4n) is 3.85. The van der Waals surface area contributed by atoms with E-state index in [4.69, 9.17) is 0 Å². The first-order valence-electron chi connectivity index (χ1n) is 10.1. The second-order valence-electron chi connectivity index (χ2n) is 7.49. The molecule has 2 heterocycles. The Bertz CT molecular complexity index is 917. The Morgan fingerprint density at radius 2 is 1.83 bits per heavy atom. The number of hydrogen-bond donors (Lipinski definition) is 1.